The maximum atomic E-state index is 13.2. The molecule has 1 aliphatic heterocycles. The maximum absolute atomic E-state index is 13.2. The zero-order valence-electron chi connectivity index (χ0n) is 28.0. The van der Waals surface area contributed by atoms with E-state index in [1.165, 1.54) is 6.07 Å². The van der Waals surface area contributed by atoms with Crippen molar-refractivity contribution < 1.29 is 19.4 Å². The standard InChI is InChI=1S/C35H43N9O4/c1-6-48-34-27(21-43(4)41-34)39-35-38-18-22(2)30(40-35)26-19-36-31-23(26)11-9-12-25(31)32(47-5)28(44-16-14-42(3)15-17-44)20-37-33(46)24-10-7-8-13-29(24)45/h7-13,18-19,21,28,32,36,45H,6,14-17,20H2,1-5H3,(H,37,46)(H,38,39,40)/t28-,32-/m1/s1. The first-order valence-corrected chi connectivity index (χ1v) is 16.2. The summed E-state index contributed by atoms with van der Waals surface area (Å²) in [4.78, 5) is 30.8. The minimum Gasteiger partial charge on any atom is -0.507 e. The Bertz CT molecular complexity index is 1880. The van der Waals surface area contributed by atoms with Crippen molar-refractivity contribution in [3.63, 3.8) is 0 Å². The number of phenolic OH excluding ortho intramolecular Hbond substituents is 1. The number of aromatic amines is 1. The highest BCUT2D eigenvalue weighted by Crippen LogP contribution is 2.36. The van der Waals surface area contributed by atoms with E-state index in [1.807, 2.05) is 39.4 Å². The number of anilines is 2. The van der Waals surface area contributed by atoms with Gasteiger partial charge in [-0.1, -0.05) is 30.3 Å². The summed E-state index contributed by atoms with van der Waals surface area (Å²) < 4.78 is 13.6. The molecular formula is C35H43N9O4. The molecule has 0 saturated carbocycles. The molecule has 48 heavy (non-hydrogen) atoms. The van der Waals surface area contributed by atoms with E-state index < -0.39 is 0 Å². The minimum atomic E-state index is -0.375. The van der Waals surface area contributed by atoms with Gasteiger partial charge in [0.25, 0.3) is 11.8 Å². The summed E-state index contributed by atoms with van der Waals surface area (Å²) in [5.74, 6) is 0.539. The lowest BCUT2D eigenvalue weighted by Crippen LogP contribution is -2.54. The number of aromatic nitrogens is 5. The van der Waals surface area contributed by atoms with Gasteiger partial charge >= 0.3 is 0 Å². The van der Waals surface area contributed by atoms with Crippen LogP contribution in [0.15, 0.2) is 61.1 Å². The molecule has 6 rings (SSSR count). The number of rotatable bonds is 12. The topological polar surface area (TPSA) is 146 Å². The number of methoxy groups -OCH3 is 1. The number of phenols is 1. The number of benzene rings is 2. The smallest absolute Gasteiger partial charge is 0.256 e. The number of aryl methyl sites for hydroxylation is 2. The molecule has 1 saturated heterocycles. The molecule has 252 valence electrons. The number of nitrogens with one attached hydrogen (secondary N) is 3. The third-order valence-corrected chi connectivity index (χ3v) is 8.83. The Balaban J connectivity index is 1.32. The normalized spacial score (nSPS) is 15.4. The van der Waals surface area contributed by atoms with Crippen LogP contribution < -0.4 is 15.4 Å². The van der Waals surface area contributed by atoms with Gasteiger partial charge in [-0.2, -0.15) is 0 Å². The molecule has 0 unspecified atom stereocenters. The van der Waals surface area contributed by atoms with Crippen molar-refractivity contribution in [3.8, 4) is 22.9 Å². The quantitative estimate of drug-likeness (QED) is 0.154. The van der Waals surface area contributed by atoms with Gasteiger partial charge in [0.15, 0.2) is 0 Å². The Morgan fingerprint density at radius 3 is 2.65 bits per heavy atom. The van der Waals surface area contributed by atoms with E-state index in [4.69, 9.17) is 14.5 Å². The van der Waals surface area contributed by atoms with E-state index in [2.05, 4.69) is 54.7 Å². The van der Waals surface area contributed by atoms with Crippen molar-refractivity contribution in [2.24, 2.45) is 7.05 Å². The zero-order chi connectivity index (χ0) is 33.8. The molecule has 0 spiro atoms. The number of carbonyl (C=O) groups is 1. The van der Waals surface area contributed by atoms with E-state index in [-0.39, 0.29) is 29.4 Å². The number of nitrogens with zero attached hydrogens (tertiary/aromatic N) is 6. The van der Waals surface area contributed by atoms with Crippen molar-refractivity contribution in [2.45, 2.75) is 26.0 Å². The highest BCUT2D eigenvalue weighted by molar-refractivity contribution is 5.98. The van der Waals surface area contributed by atoms with E-state index >= 15 is 0 Å². The zero-order valence-corrected chi connectivity index (χ0v) is 28.0. The molecule has 13 heteroatoms. The van der Waals surface area contributed by atoms with Crippen LogP contribution in [0.5, 0.6) is 11.6 Å². The van der Waals surface area contributed by atoms with E-state index in [9.17, 15) is 9.90 Å². The third kappa shape index (κ3) is 6.84. The van der Waals surface area contributed by atoms with Gasteiger partial charge in [-0.15, -0.1) is 5.10 Å². The average molecular weight is 654 g/mol. The molecule has 3 aromatic heterocycles. The number of hydrogen-bond donors (Lipinski definition) is 4. The first-order valence-electron chi connectivity index (χ1n) is 16.2. The number of carbonyl (C=O) groups excluding carboxylic acids is 1. The molecule has 1 amide bonds. The highest BCUT2D eigenvalue weighted by Gasteiger charge is 2.33. The van der Waals surface area contributed by atoms with Crippen LogP contribution in [-0.2, 0) is 11.8 Å². The summed E-state index contributed by atoms with van der Waals surface area (Å²) in [6, 6.07) is 12.6. The molecule has 2 aromatic carbocycles. The molecule has 1 fully saturated rings. The number of ether oxygens (including phenoxy) is 2. The van der Waals surface area contributed by atoms with Gasteiger partial charge in [-0.3, -0.25) is 14.4 Å². The van der Waals surface area contributed by atoms with Crippen LogP contribution in [0.3, 0.4) is 0 Å². The monoisotopic (exact) mass is 653 g/mol. The van der Waals surface area contributed by atoms with Crippen LogP contribution in [0.2, 0.25) is 0 Å². The summed E-state index contributed by atoms with van der Waals surface area (Å²) in [5.41, 5.74) is 5.48. The van der Waals surface area contributed by atoms with Crippen molar-refractivity contribution in [1.29, 1.82) is 0 Å². The van der Waals surface area contributed by atoms with Crippen LogP contribution in [0.1, 0.15) is 34.5 Å². The van der Waals surface area contributed by atoms with Crippen LogP contribution in [0.25, 0.3) is 22.2 Å². The molecule has 2 atom stereocenters. The Kier molecular flexibility index (Phi) is 9.90. The second kappa shape index (κ2) is 14.4. The van der Waals surface area contributed by atoms with Gasteiger partial charge in [-0.25, -0.2) is 9.97 Å². The summed E-state index contributed by atoms with van der Waals surface area (Å²) in [7, 11) is 5.66. The number of aromatic hydroxyl groups is 1. The first-order chi connectivity index (χ1) is 23.3. The highest BCUT2D eigenvalue weighted by atomic mass is 16.5. The summed E-state index contributed by atoms with van der Waals surface area (Å²) >= 11 is 0. The van der Waals surface area contributed by atoms with Crippen LogP contribution >= 0.6 is 0 Å². The third-order valence-electron chi connectivity index (χ3n) is 8.83. The van der Waals surface area contributed by atoms with E-state index in [0.29, 0.717) is 30.7 Å². The number of para-hydroxylation sites is 2. The van der Waals surface area contributed by atoms with Crippen LogP contribution in [0, 0.1) is 6.92 Å². The van der Waals surface area contributed by atoms with Crippen molar-refractivity contribution >= 4 is 28.4 Å². The van der Waals surface area contributed by atoms with Crippen molar-refractivity contribution in [1.82, 2.24) is 39.8 Å². The molecule has 5 aromatic rings. The lowest BCUT2D eigenvalue weighted by molar-refractivity contribution is -0.00305. The van der Waals surface area contributed by atoms with Crippen LogP contribution in [0.4, 0.5) is 11.6 Å². The fourth-order valence-electron chi connectivity index (χ4n) is 6.33. The summed E-state index contributed by atoms with van der Waals surface area (Å²) in [6.45, 7) is 8.21. The molecule has 4 heterocycles. The molecule has 1 aliphatic rings. The van der Waals surface area contributed by atoms with Gasteiger partial charge in [0.05, 0.1) is 35.6 Å². The summed E-state index contributed by atoms with van der Waals surface area (Å²) in [5, 5.41) is 22.0. The Hall–Kier alpha value is -4.98. The van der Waals surface area contributed by atoms with Gasteiger partial charge in [0, 0.05) is 75.8 Å². The van der Waals surface area contributed by atoms with Gasteiger partial charge in [0.1, 0.15) is 17.5 Å². The Labute approximate surface area is 279 Å². The number of likely N-dealkylation sites (N-methyl/N-ethyl adjacent to an activating group) is 1. The lowest BCUT2D eigenvalue weighted by Gasteiger charge is -2.41. The Morgan fingerprint density at radius 2 is 1.90 bits per heavy atom. The predicted molar refractivity (Wildman–Crippen MR) is 185 cm³/mol. The molecule has 0 radical (unpaired) electrons. The number of amides is 1. The second-order valence-corrected chi connectivity index (χ2v) is 12.1. The fraction of sp³-hybridized carbons (Fsp3) is 0.371. The lowest BCUT2D eigenvalue weighted by atomic mass is 9.96. The van der Waals surface area contributed by atoms with Gasteiger partial charge in [-0.05, 0) is 38.6 Å². The molecule has 0 aliphatic carbocycles. The molecule has 13 nitrogen and oxygen atoms in total. The van der Waals surface area contributed by atoms with Crippen molar-refractivity contribution in [3.05, 3.63) is 77.7 Å². The van der Waals surface area contributed by atoms with Gasteiger partial charge < -0.3 is 35.1 Å². The molecule has 4 N–H and O–H groups in total. The number of fused-ring (bicyclic) bond motifs is 1. The SMILES string of the molecule is CCOc1nn(C)cc1Nc1ncc(C)c(-c2c[nH]c3c([C@@H](OC)[C@@H](CNC(=O)c4ccccc4O)N4CCN(C)CC4)cccc23)n1. The second-order valence-electron chi connectivity index (χ2n) is 12.1. The maximum Gasteiger partial charge on any atom is 0.256 e. The van der Waals surface area contributed by atoms with Gasteiger partial charge in [0.2, 0.25) is 5.95 Å². The number of hydrogen-bond acceptors (Lipinski definition) is 10. The van der Waals surface area contributed by atoms with Crippen LogP contribution in [-0.4, -0.2) is 105 Å². The first kappa shape index (κ1) is 32.9. The minimum absolute atomic E-state index is 0.0494. The number of piperazine rings is 1. The summed E-state index contributed by atoms with van der Waals surface area (Å²) in [6.07, 6.45) is 5.23. The van der Waals surface area contributed by atoms with Crippen molar-refractivity contribution in [2.75, 3.05) is 58.8 Å². The van der Waals surface area contributed by atoms with E-state index in [0.717, 1.165) is 59.5 Å². The molecule has 0 bridgehead atoms. The fourth-order valence-corrected chi connectivity index (χ4v) is 6.33. The molecular weight excluding hydrogens is 610 g/mol. The average Bonchev–Trinajstić information content (AvgIpc) is 3.67. The largest absolute Gasteiger partial charge is 0.507 e. The Morgan fingerprint density at radius 1 is 1.10 bits per heavy atom. The number of H-pyrrole nitrogens is 1. The van der Waals surface area contributed by atoms with E-state index in [1.54, 1.807) is 36.2 Å². The predicted octanol–water partition coefficient (Wildman–Crippen LogP) is 4.25.